The largest absolute Gasteiger partial charge is 0.393 e. The highest BCUT2D eigenvalue weighted by Crippen LogP contribution is 2.29. The molecule has 1 unspecified atom stereocenters. The van der Waals surface area contributed by atoms with E-state index in [9.17, 15) is 9.90 Å². The predicted molar refractivity (Wildman–Crippen MR) is 64.1 cm³/mol. The predicted octanol–water partition coefficient (Wildman–Crippen LogP) is 2.48. The third-order valence-electron chi connectivity index (χ3n) is 2.61. The van der Waals surface area contributed by atoms with E-state index in [1.807, 2.05) is 0 Å². The molecule has 5 heteroatoms. The van der Waals surface area contributed by atoms with Crippen molar-refractivity contribution in [1.29, 1.82) is 0 Å². The van der Waals surface area contributed by atoms with E-state index in [0.29, 0.717) is 23.0 Å². The van der Waals surface area contributed by atoms with Gasteiger partial charge in [0.15, 0.2) is 0 Å². The summed E-state index contributed by atoms with van der Waals surface area (Å²) in [5.74, 6) is -0.0860. The molecule has 3 nitrogen and oxygen atoms in total. The minimum atomic E-state index is -0.522. The minimum Gasteiger partial charge on any atom is -0.393 e. The highest BCUT2D eigenvalue weighted by Gasteiger charge is 2.25. The molecule has 1 fully saturated rings. The Kier molecular flexibility index (Phi) is 3.38. The van der Waals surface area contributed by atoms with Gasteiger partial charge in [0, 0.05) is 12.2 Å². The first-order valence-electron chi connectivity index (χ1n) is 5.01. The Balaban J connectivity index is 2.24. The lowest BCUT2D eigenvalue weighted by Gasteiger charge is -2.29. The van der Waals surface area contributed by atoms with Gasteiger partial charge in [-0.25, -0.2) is 0 Å². The number of halogens is 2. The summed E-state index contributed by atoms with van der Waals surface area (Å²) in [5.41, 5.74) is 0.728. The highest BCUT2D eigenvalue weighted by molar-refractivity contribution is 6.42. The molecule has 1 heterocycles. The number of amides is 1. The van der Waals surface area contributed by atoms with Crippen molar-refractivity contribution < 1.29 is 9.90 Å². The molecule has 1 saturated heterocycles. The first-order chi connectivity index (χ1) is 7.58. The van der Waals surface area contributed by atoms with Crippen molar-refractivity contribution in [3.8, 4) is 0 Å². The second-order valence-electron chi connectivity index (χ2n) is 3.79. The molecule has 1 aromatic rings. The maximum Gasteiger partial charge on any atom is 0.229 e. The Morgan fingerprint density at radius 2 is 2.06 bits per heavy atom. The zero-order valence-corrected chi connectivity index (χ0v) is 10.0. The summed E-state index contributed by atoms with van der Waals surface area (Å²) in [6.07, 6.45) is 0.234. The van der Waals surface area contributed by atoms with Gasteiger partial charge in [-0.05, 0) is 24.6 Å². The molecule has 0 aliphatic carbocycles. The van der Waals surface area contributed by atoms with E-state index in [4.69, 9.17) is 23.2 Å². The van der Waals surface area contributed by atoms with Gasteiger partial charge < -0.3 is 10.0 Å². The van der Waals surface area contributed by atoms with E-state index < -0.39 is 6.10 Å². The van der Waals surface area contributed by atoms with Crippen LogP contribution in [0.2, 0.25) is 10.0 Å². The van der Waals surface area contributed by atoms with Crippen LogP contribution in [0.25, 0.3) is 0 Å². The number of rotatable bonds is 1. The van der Waals surface area contributed by atoms with E-state index in [1.54, 1.807) is 23.1 Å². The van der Waals surface area contributed by atoms with Gasteiger partial charge in [0.05, 0.1) is 22.6 Å². The van der Waals surface area contributed by atoms with Crippen molar-refractivity contribution in [1.82, 2.24) is 0 Å². The topological polar surface area (TPSA) is 40.5 Å². The Morgan fingerprint density at radius 3 is 2.69 bits per heavy atom. The number of piperidine rings is 1. The lowest BCUT2D eigenvalue weighted by molar-refractivity contribution is -0.122. The van der Waals surface area contributed by atoms with Gasteiger partial charge in [-0.15, -0.1) is 0 Å². The first kappa shape index (κ1) is 11.7. The first-order valence-corrected chi connectivity index (χ1v) is 5.77. The van der Waals surface area contributed by atoms with E-state index in [2.05, 4.69) is 0 Å². The van der Waals surface area contributed by atoms with Crippen molar-refractivity contribution in [2.45, 2.75) is 18.9 Å². The van der Waals surface area contributed by atoms with Crippen LogP contribution in [0.3, 0.4) is 0 Å². The number of anilines is 1. The second kappa shape index (κ2) is 4.62. The number of hydrogen-bond donors (Lipinski definition) is 1. The minimum absolute atomic E-state index is 0.0860. The molecular formula is C11H11Cl2NO2. The van der Waals surface area contributed by atoms with Crippen LogP contribution < -0.4 is 4.90 Å². The fourth-order valence-corrected chi connectivity index (χ4v) is 2.04. The van der Waals surface area contributed by atoms with Gasteiger partial charge in [0.2, 0.25) is 5.91 Å². The fourth-order valence-electron chi connectivity index (χ4n) is 1.74. The molecule has 1 amide bonds. The van der Waals surface area contributed by atoms with E-state index >= 15 is 0 Å². The third kappa shape index (κ3) is 2.32. The number of aliphatic hydroxyl groups is 1. The van der Waals surface area contributed by atoms with Gasteiger partial charge in [-0.2, -0.15) is 0 Å². The SMILES string of the molecule is O=C1CC(O)CCN1c1ccc(Cl)c(Cl)c1. The van der Waals surface area contributed by atoms with Crippen LogP contribution >= 0.6 is 23.2 Å². The van der Waals surface area contributed by atoms with Gasteiger partial charge in [0.25, 0.3) is 0 Å². The van der Waals surface area contributed by atoms with E-state index in [1.165, 1.54) is 0 Å². The molecule has 2 rings (SSSR count). The van der Waals surface area contributed by atoms with Crippen molar-refractivity contribution in [2.75, 3.05) is 11.4 Å². The molecule has 0 spiro atoms. The second-order valence-corrected chi connectivity index (χ2v) is 4.60. The fraction of sp³-hybridized carbons (Fsp3) is 0.364. The van der Waals surface area contributed by atoms with E-state index in [0.717, 1.165) is 5.69 Å². The summed E-state index contributed by atoms with van der Waals surface area (Å²) in [5, 5.41) is 10.2. The third-order valence-corrected chi connectivity index (χ3v) is 3.35. The molecule has 0 bridgehead atoms. The summed E-state index contributed by atoms with van der Waals surface area (Å²) in [7, 11) is 0. The molecule has 0 aromatic heterocycles. The maximum atomic E-state index is 11.7. The van der Waals surface area contributed by atoms with Crippen molar-refractivity contribution >= 4 is 34.8 Å². The summed E-state index contributed by atoms with van der Waals surface area (Å²) in [6, 6.07) is 5.08. The van der Waals surface area contributed by atoms with Crippen molar-refractivity contribution in [3.63, 3.8) is 0 Å². The van der Waals surface area contributed by atoms with Crippen LogP contribution in [0, 0.1) is 0 Å². The maximum absolute atomic E-state index is 11.7. The summed E-state index contributed by atoms with van der Waals surface area (Å²) in [4.78, 5) is 13.3. The number of nitrogens with zero attached hydrogens (tertiary/aromatic N) is 1. The summed E-state index contributed by atoms with van der Waals surface area (Å²) in [6.45, 7) is 0.512. The molecule has 86 valence electrons. The summed E-state index contributed by atoms with van der Waals surface area (Å²) >= 11 is 11.7. The van der Waals surface area contributed by atoms with Gasteiger partial charge in [0.1, 0.15) is 0 Å². The quantitative estimate of drug-likeness (QED) is 0.842. The van der Waals surface area contributed by atoms with Crippen LogP contribution in [-0.2, 0) is 4.79 Å². The van der Waals surface area contributed by atoms with Crippen LogP contribution in [-0.4, -0.2) is 23.7 Å². The van der Waals surface area contributed by atoms with Crippen LogP contribution in [0.4, 0.5) is 5.69 Å². The lowest BCUT2D eigenvalue weighted by Crippen LogP contribution is -2.40. The molecule has 0 radical (unpaired) electrons. The van der Waals surface area contributed by atoms with E-state index in [-0.39, 0.29) is 12.3 Å². The Morgan fingerprint density at radius 1 is 1.31 bits per heavy atom. The molecule has 1 atom stereocenters. The number of hydrogen-bond acceptors (Lipinski definition) is 2. The van der Waals surface area contributed by atoms with Crippen molar-refractivity contribution in [3.05, 3.63) is 28.2 Å². The molecular weight excluding hydrogens is 249 g/mol. The molecule has 1 aromatic carbocycles. The zero-order chi connectivity index (χ0) is 11.7. The Hall–Kier alpha value is -0.770. The normalized spacial score (nSPS) is 21.3. The smallest absolute Gasteiger partial charge is 0.229 e. The van der Waals surface area contributed by atoms with Gasteiger partial charge in [-0.1, -0.05) is 23.2 Å². The summed E-state index contributed by atoms with van der Waals surface area (Å²) < 4.78 is 0. The Bertz CT molecular complexity index is 422. The van der Waals surface area contributed by atoms with Crippen LogP contribution in [0.5, 0.6) is 0 Å². The molecule has 1 aliphatic rings. The van der Waals surface area contributed by atoms with Gasteiger partial charge >= 0.3 is 0 Å². The highest BCUT2D eigenvalue weighted by atomic mass is 35.5. The monoisotopic (exact) mass is 259 g/mol. The molecule has 16 heavy (non-hydrogen) atoms. The Labute approximate surface area is 104 Å². The average Bonchev–Trinajstić information content (AvgIpc) is 2.22. The molecule has 0 saturated carbocycles. The molecule has 1 N–H and O–H groups in total. The number of carbonyl (C=O) groups is 1. The van der Waals surface area contributed by atoms with Crippen LogP contribution in [0.1, 0.15) is 12.8 Å². The number of aliphatic hydroxyl groups excluding tert-OH is 1. The molecule has 1 aliphatic heterocycles. The number of carbonyl (C=O) groups excluding carboxylic acids is 1. The zero-order valence-electron chi connectivity index (χ0n) is 8.49. The number of benzene rings is 1. The standard InChI is InChI=1S/C11H11Cl2NO2/c12-9-2-1-7(5-10(9)13)14-4-3-8(15)6-11(14)16/h1-2,5,8,15H,3-4,6H2. The van der Waals surface area contributed by atoms with Crippen molar-refractivity contribution in [2.24, 2.45) is 0 Å². The van der Waals surface area contributed by atoms with Gasteiger partial charge in [-0.3, -0.25) is 4.79 Å². The average molecular weight is 260 g/mol. The lowest BCUT2D eigenvalue weighted by atomic mass is 10.1. The van der Waals surface area contributed by atoms with Crippen LogP contribution in [0.15, 0.2) is 18.2 Å².